The van der Waals surface area contributed by atoms with Crippen molar-refractivity contribution >= 4 is 22.9 Å². The van der Waals surface area contributed by atoms with Crippen molar-refractivity contribution in [1.82, 2.24) is 4.98 Å². The van der Waals surface area contributed by atoms with E-state index in [1.54, 1.807) is 13.1 Å². The second kappa shape index (κ2) is 4.46. The zero-order valence-corrected chi connectivity index (χ0v) is 8.11. The molecule has 0 aliphatic carbocycles. The highest BCUT2D eigenvalue weighted by Gasteiger charge is 1.94. The van der Waals surface area contributed by atoms with E-state index in [4.69, 9.17) is 16.7 Å². The van der Waals surface area contributed by atoms with Crippen molar-refractivity contribution in [1.29, 1.82) is 0 Å². The molecule has 1 atom stereocenters. The lowest BCUT2D eigenvalue weighted by Crippen LogP contribution is -1.95. The fourth-order valence-corrected chi connectivity index (χ4v) is 1.41. The summed E-state index contributed by atoms with van der Waals surface area (Å²) in [6.07, 6.45) is 1.73. The van der Waals surface area contributed by atoms with Crippen LogP contribution in [0, 0.1) is 11.8 Å². The highest BCUT2D eigenvalue weighted by Crippen LogP contribution is 2.16. The SMILES string of the molecule is CC(O)CC#Cc1cnc(Cl)s1. The van der Waals surface area contributed by atoms with Crippen molar-refractivity contribution in [3.63, 3.8) is 0 Å². The summed E-state index contributed by atoms with van der Waals surface area (Å²) < 4.78 is 0.497. The van der Waals surface area contributed by atoms with Crippen molar-refractivity contribution in [2.24, 2.45) is 0 Å². The molecule has 0 amide bonds. The molecule has 0 saturated carbocycles. The van der Waals surface area contributed by atoms with Crippen LogP contribution in [0.4, 0.5) is 0 Å². The molecular weight excluding hydrogens is 194 g/mol. The minimum atomic E-state index is -0.374. The fraction of sp³-hybridized carbons (Fsp3) is 0.375. The molecule has 0 fully saturated rings. The van der Waals surface area contributed by atoms with Crippen molar-refractivity contribution < 1.29 is 5.11 Å². The maximum atomic E-state index is 8.89. The van der Waals surface area contributed by atoms with E-state index in [2.05, 4.69) is 16.8 Å². The van der Waals surface area contributed by atoms with Gasteiger partial charge in [-0.3, -0.25) is 0 Å². The van der Waals surface area contributed by atoms with E-state index < -0.39 is 0 Å². The van der Waals surface area contributed by atoms with Gasteiger partial charge in [0.2, 0.25) is 0 Å². The van der Waals surface area contributed by atoms with Crippen LogP contribution in [0.15, 0.2) is 6.20 Å². The Morgan fingerprint density at radius 2 is 2.58 bits per heavy atom. The fourth-order valence-electron chi connectivity index (χ4n) is 0.596. The number of hydrogen-bond acceptors (Lipinski definition) is 3. The number of thiazole rings is 1. The Morgan fingerprint density at radius 3 is 3.08 bits per heavy atom. The number of hydrogen-bond donors (Lipinski definition) is 1. The summed E-state index contributed by atoms with van der Waals surface area (Å²) in [6, 6.07) is 0. The van der Waals surface area contributed by atoms with E-state index >= 15 is 0 Å². The number of nitrogens with zero attached hydrogens (tertiary/aromatic N) is 1. The summed E-state index contributed by atoms with van der Waals surface area (Å²) in [5.41, 5.74) is 0. The molecule has 0 spiro atoms. The lowest BCUT2D eigenvalue weighted by atomic mass is 10.3. The first kappa shape index (κ1) is 9.53. The van der Waals surface area contributed by atoms with E-state index in [1.165, 1.54) is 11.3 Å². The normalized spacial score (nSPS) is 11.9. The Bertz CT molecular complexity index is 310. The Balaban J connectivity index is 2.55. The van der Waals surface area contributed by atoms with Crippen molar-refractivity contribution in [2.45, 2.75) is 19.4 Å². The molecule has 0 saturated heterocycles. The topological polar surface area (TPSA) is 33.1 Å². The molecular formula is C8H8ClNOS. The van der Waals surface area contributed by atoms with Crippen molar-refractivity contribution in [2.75, 3.05) is 0 Å². The zero-order valence-electron chi connectivity index (χ0n) is 6.54. The van der Waals surface area contributed by atoms with Crippen LogP contribution in [0.5, 0.6) is 0 Å². The molecule has 12 heavy (non-hydrogen) atoms. The Labute approximate surface area is 80.2 Å². The van der Waals surface area contributed by atoms with Crippen LogP contribution in [0.3, 0.4) is 0 Å². The Morgan fingerprint density at radius 1 is 1.83 bits per heavy atom. The van der Waals surface area contributed by atoms with Crippen LogP contribution in [0.1, 0.15) is 18.2 Å². The third-order valence-electron chi connectivity index (χ3n) is 1.09. The van der Waals surface area contributed by atoms with Gasteiger partial charge in [-0.2, -0.15) is 0 Å². The summed E-state index contributed by atoms with van der Waals surface area (Å²) in [7, 11) is 0. The number of halogens is 1. The molecule has 0 radical (unpaired) electrons. The van der Waals surface area contributed by atoms with Crippen LogP contribution < -0.4 is 0 Å². The molecule has 2 nitrogen and oxygen atoms in total. The van der Waals surface area contributed by atoms with E-state index in [9.17, 15) is 0 Å². The third kappa shape index (κ3) is 3.22. The van der Waals surface area contributed by atoms with Gasteiger partial charge in [0.05, 0.1) is 17.2 Å². The van der Waals surface area contributed by atoms with E-state index in [-0.39, 0.29) is 6.10 Å². The van der Waals surface area contributed by atoms with Crippen LogP contribution in [-0.4, -0.2) is 16.2 Å². The summed E-state index contributed by atoms with van der Waals surface area (Å²) in [5.74, 6) is 5.68. The molecule has 1 rings (SSSR count). The van der Waals surface area contributed by atoms with Crippen molar-refractivity contribution in [3.05, 3.63) is 15.5 Å². The molecule has 0 aromatic carbocycles. The van der Waals surface area contributed by atoms with Crippen LogP contribution in [0.2, 0.25) is 4.47 Å². The zero-order chi connectivity index (χ0) is 8.97. The molecule has 0 aliphatic rings. The first-order valence-corrected chi connectivity index (χ1v) is 4.66. The van der Waals surface area contributed by atoms with Gasteiger partial charge in [0, 0.05) is 6.42 Å². The van der Waals surface area contributed by atoms with Gasteiger partial charge in [0.15, 0.2) is 4.47 Å². The quantitative estimate of drug-likeness (QED) is 0.705. The number of rotatable bonds is 1. The molecule has 1 N–H and O–H groups in total. The maximum absolute atomic E-state index is 8.89. The van der Waals surface area contributed by atoms with Crippen LogP contribution in [0.25, 0.3) is 0 Å². The average Bonchev–Trinajstić information content (AvgIpc) is 2.35. The molecule has 0 aliphatic heterocycles. The number of aromatic nitrogens is 1. The summed E-state index contributed by atoms with van der Waals surface area (Å²) >= 11 is 6.93. The van der Waals surface area contributed by atoms with Crippen LogP contribution in [-0.2, 0) is 0 Å². The Hall–Kier alpha value is -0.560. The van der Waals surface area contributed by atoms with E-state index in [0.717, 1.165) is 4.88 Å². The van der Waals surface area contributed by atoms with Crippen LogP contribution >= 0.6 is 22.9 Å². The van der Waals surface area contributed by atoms with Gasteiger partial charge in [0.25, 0.3) is 0 Å². The largest absolute Gasteiger partial charge is 0.392 e. The van der Waals surface area contributed by atoms with Gasteiger partial charge in [-0.05, 0) is 6.92 Å². The predicted octanol–water partition coefficient (Wildman–Crippen LogP) is 1.92. The molecule has 1 heterocycles. The van der Waals surface area contributed by atoms with E-state index in [0.29, 0.717) is 10.9 Å². The first-order chi connectivity index (χ1) is 5.68. The maximum Gasteiger partial charge on any atom is 0.184 e. The highest BCUT2D eigenvalue weighted by molar-refractivity contribution is 7.16. The minimum Gasteiger partial charge on any atom is -0.392 e. The van der Waals surface area contributed by atoms with Gasteiger partial charge >= 0.3 is 0 Å². The number of aliphatic hydroxyl groups is 1. The molecule has 1 aromatic rings. The minimum absolute atomic E-state index is 0.374. The molecule has 4 heteroatoms. The Kier molecular flexibility index (Phi) is 3.54. The third-order valence-corrected chi connectivity index (χ3v) is 2.12. The monoisotopic (exact) mass is 201 g/mol. The molecule has 1 unspecified atom stereocenters. The standard InChI is InChI=1S/C8H8ClNOS/c1-6(11)3-2-4-7-5-10-8(9)12-7/h5-6,11H,3H2,1H3. The van der Waals surface area contributed by atoms with Gasteiger partial charge in [-0.1, -0.05) is 34.8 Å². The summed E-state index contributed by atoms with van der Waals surface area (Å²) in [4.78, 5) is 4.67. The highest BCUT2D eigenvalue weighted by atomic mass is 35.5. The first-order valence-electron chi connectivity index (χ1n) is 3.47. The second-order valence-corrected chi connectivity index (χ2v) is 3.95. The average molecular weight is 202 g/mol. The van der Waals surface area contributed by atoms with E-state index in [1.807, 2.05) is 0 Å². The van der Waals surface area contributed by atoms with Gasteiger partial charge < -0.3 is 5.11 Å². The van der Waals surface area contributed by atoms with Gasteiger partial charge in [-0.15, -0.1) is 0 Å². The lowest BCUT2D eigenvalue weighted by Gasteiger charge is -1.91. The summed E-state index contributed by atoms with van der Waals surface area (Å²) in [5, 5.41) is 8.89. The lowest BCUT2D eigenvalue weighted by molar-refractivity contribution is 0.201. The van der Waals surface area contributed by atoms with Crippen molar-refractivity contribution in [3.8, 4) is 11.8 Å². The second-order valence-electron chi connectivity index (χ2n) is 2.33. The molecule has 0 bridgehead atoms. The smallest absolute Gasteiger partial charge is 0.184 e. The predicted molar refractivity (Wildman–Crippen MR) is 50.3 cm³/mol. The van der Waals surface area contributed by atoms with Gasteiger partial charge in [0.1, 0.15) is 0 Å². The molecule has 1 aromatic heterocycles. The number of aliphatic hydroxyl groups excluding tert-OH is 1. The summed E-state index contributed by atoms with van der Waals surface area (Å²) in [6.45, 7) is 1.70. The molecule has 64 valence electrons. The van der Waals surface area contributed by atoms with Gasteiger partial charge in [-0.25, -0.2) is 4.98 Å².